The van der Waals surface area contributed by atoms with Gasteiger partial charge in [0.25, 0.3) is 11.6 Å². The number of rotatable bonds is 5. The number of non-ortho nitro benzene ring substituents is 1. The third-order valence-corrected chi connectivity index (χ3v) is 3.50. The van der Waals surface area contributed by atoms with E-state index in [9.17, 15) is 14.9 Å². The van der Waals surface area contributed by atoms with Crippen LogP contribution >= 0.6 is 15.9 Å². The van der Waals surface area contributed by atoms with E-state index >= 15 is 0 Å². The van der Waals surface area contributed by atoms with Gasteiger partial charge in [-0.1, -0.05) is 12.1 Å². The van der Waals surface area contributed by atoms with Crippen molar-refractivity contribution in [3.63, 3.8) is 0 Å². The summed E-state index contributed by atoms with van der Waals surface area (Å²) in [7, 11) is 0. The number of carbonyl (C=O) groups excluding carboxylic acids is 1. The maximum absolute atomic E-state index is 12.3. The van der Waals surface area contributed by atoms with E-state index in [1.165, 1.54) is 18.2 Å². The van der Waals surface area contributed by atoms with Crippen molar-refractivity contribution in [1.82, 2.24) is 0 Å². The highest BCUT2D eigenvalue weighted by atomic mass is 79.9. The zero-order valence-corrected chi connectivity index (χ0v) is 13.3. The zero-order valence-electron chi connectivity index (χ0n) is 11.7. The first-order valence-electron chi connectivity index (χ1n) is 6.50. The van der Waals surface area contributed by atoms with Crippen LogP contribution in [0.1, 0.15) is 17.3 Å². The van der Waals surface area contributed by atoms with E-state index in [1.807, 2.05) is 6.92 Å². The number of benzene rings is 2. The van der Waals surface area contributed by atoms with Crippen molar-refractivity contribution < 1.29 is 14.5 Å². The van der Waals surface area contributed by atoms with E-state index in [0.717, 1.165) is 0 Å². The molecule has 0 fully saturated rings. The van der Waals surface area contributed by atoms with Crippen LogP contribution in [0.3, 0.4) is 0 Å². The predicted octanol–water partition coefficient (Wildman–Crippen LogP) is 4.01. The minimum absolute atomic E-state index is 0.0559. The molecule has 0 saturated carbocycles. The number of hydrogen-bond acceptors (Lipinski definition) is 4. The first kappa shape index (κ1) is 16.0. The topological polar surface area (TPSA) is 81.5 Å². The fourth-order valence-electron chi connectivity index (χ4n) is 1.84. The van der Waals surface area contributed by atoms with Gasteiger partial charge in [0, 0.05) is 16.6 Å². The normalized spacial score (nSPS) is 10.1. The van der Waals surface area contributed by atoms with Crippen molar-refractivity contribution in [1.29, 1.82) is 0 Å². The van der Waals surface area contributed by atoms with Gasteiger partial charge in [-0.3, -0.25) is 14.9 Å². The summed E-state index contributed by atoms with van der Waals surface area (Å²) in [6, 6.07) is 11.0. The molecule has 1 amide bonds. The fraction of sp³-hybridized carbons (Fsp3) is 0.133. The molecule has 0 unspecified atom stereocenters. The number of nitro benzene ring substituents is 1. The number of amides is 1. The van der Waals surface area contributed by atoms with Gasteiger partial charge in [0.1, 0.15) is 5.75 Å². The third-order valence-electron chi connectivity index (χ3n) is 2.84. The van der Waals surface area contributed by atoms with E-state index in [0.29, 0.717) is 28.1 Å². The molecule has 114 valence electrons. The first-order valence-corrected chi connectivity index (χ1v) is 7.29. The number of anilines is 1. The molecule has 0 aromatic heterocycles. The van der Waals surface area contributed by atoms with Crippen molar-refractivity contribution in [2.75, 3.05) is 11.9 Å². The minimum Gasteiger partial charge on any atom is -0.493 e. The lowest BCUT2D eigenvalue weighted by Crippen LogP contribution is -2.14. The summed E-state index contributed by atoms with van der Waals surface area (Å²) in [5, 5.41) is 13.4. The number of hydrogen-bond donors (Lipinski definition) is 1. The molecule has 0 saturated heterocycles. The average molecular weight is 365 g/mol. The summed E-state index contributed by atoms with van der Waals surface area (Å²) < 4.78 is 5.85. The number of nitro groups is 1. The monoisotopic (exact) mass is 364 g/mol. The van der Waals surface area contributed by atoms with Crippen LogP contribution in [0.2, 0.25) is 0 Å². The Morgan fingerprint density at radius 3 is 2.68 bits per heavy atom. The highest BCUT2D eigenvalue weighted by molar-refractivity contribution is 9.10. The molecule has 0 aliphatic heterocycles. The highest BCUT2D eigenvalue weighted by Crippen LogP contribution is 2.28. The Balaban J connectivity index is 2.24. The molecule has 0 bridgehead atoms. The average Bonchev–Trinajstić information content (AvgIpc) is 2.50. The van der Waals surface area contributed by atoms with Crippen LogP contribution in [0.5, 0.6) is 5.75 Å². The van der Waals surface area contributed by atoms with Gasteiger partial charge < -0.3 is 10.1 Å². The van der Waals surface area contributed by atoms with Crippen LogP contribution in [0.25, 0.3) is 0 Å². The molecular formula is C15H13BrN2O4. The van der Waals surface area contributed by atoms with Crippen LogP contribution in [-0.4, -0.2) is 17.4 Å². The molecule has 0 aliphatic carbocycles. The predicted molar refractivity (Wildman–Crippen MR) is 86.4 cm³/mol. The molecule has 2 rings (SSSR count). The number of nitrogens with zero attached hydrogens (tertiary/aromatic N) is 1. The Morgan fingerprint density at radius 2 is 2.05 bits per heavy atom. The number of nitrogens with one attached hydrogen (secondary N) is 1. The summed E-state index contributed by atoms with van der Waals surface area (Å²) in [6.45, 7) is 2.28. The van der Waals surface area contributed by atoms with E-state index in [-0.39, 0.29) is 11.6 Å². The standard InChI is InChI=1S/C15H13BrN2O4/c1-2-22-14-6-4-3-5-11(14)15(19)17-13-8-7-10(18(20)21)9-12(13)16/h3-9H,2H2,1H3,(H,17,19). The summed E-state index contributed by atoms with van der Waals surface area (Å²) >= 11 is 3.22. The van der Waals surface area contributed by atoms with E-state index in [1.54, 1.807) is 24.3 Å². The van der Waals surface area contributed by atoms with Crippen LogP contribution in [-0.2, 0) is 0 Å². The second-order valence-electron chi connectivity index (χ2n) is 4.30. The van der Waals surface area contributed by atoms with E-state index < -0.39 is 4.92 Å². The van der Waals surface area contributed by atoms with Crippen LogP contribution in [0.4, 0.5) is 11.4 Å². The smallest absolute Gasteiger partial charge is 0.270 e. The van der Waals surface area contributed by atoms with Crippen molar-refractivity contribution in [2.45, 2.75) is 6.92 Å². The van der Waals surface area contributed by atoms with Crippen molar-refractivity contribution >= 4 is 33.2 Å². The summed E-state index contributed by atoms with van der Waals surface area (Å²) in [6.07, 6.45) is 0. The van der Waals surface area contributed by atoms with Crippen LogP contribution in [0.15, 0.2) is 46.9 Å². The van der Waals surface area contributed by atoms with E-state index in [4.69, 9.17) is 4.74 Å². The lowest BCUT2D eigenvalue weighted by Gasteiger charge is -2.11. The Bertz CT molecular complexity index is 718. The molecule has 0 spiro atoms. The number of para-hydroxylation sites is 1. The molecule has 0 aliphatic rings. The molecule has 2 aromatic carbocycles. The van der Waals surface area contributed by atoms with Crippen molar-refractivity contribution in [2.24, 2.45) is 0 Å². The molecule has 2 aromatic rings. The van der Waals surface area contributed by atoms with Gasteiger partial charge in [-0.25, -0.2) is 0 Å². The van der Waals surface area contributed by atoms with E-state index in [2.05, 4.69) is 21.2 Å². The van der Waals surface area contributed by atoms with Gasteiger partial charge in [0.2, 0.25) is 0 Å². The highest BCUT2D eigenvalue weighted by Gasteiger charge is 2.15. The van der Waals surface area contributed by atoms with Gasteiger partial charge in [0.15, 0.2) is 0 Å². The fourth-order valence-corrected chi connectivity index (χ4v) is 2.31. The molecule has 0 radical (unpaired) electrons. The van der Waals surface area contributed by atoms with Gasteiger partial charge >= 0.3 is 0 Å². The Labute approximate surface area is 135 Å². The summed E-state index contributed by atoms with van der Waals surface area (Å²) in [5.41, 5.74) is 0.788. The number of ether oxygens (including phenoxy) is 1. The second kappa shape index (κ2) is 7.04. The van der Waals surface area contributed by atoms with Gasteiger partial charge in [-0.05, 0) is 41.1 Å². The maximum Gasteiger partial charge on any atom is 0.270 e. The zero-order chi connectivity index (χ0) is 16.1. The van der Waals surface area contributed by atoms with Crippen LogP contribution < -0.4 is 10.1 Å². The molecule has 6 nitrogen and oxygen atoms in total. The molecular weight excluding hydrogens is 352 g/mol. The largest absolute Gasteiger partial charge is 0.493 e. The molecule has 7 heteroatoms. The van der Waals surface area contributed by atoms with Gasteiger partial charge in [0.05, 0.1) is 22.8 Å². The summed E-state index contributed by atoms with van der Waals surface area (Å²) in [5.74, 6) is 0.138. The Hall–Kier alpha value is -2.41. The third kappa shape index (κ3) is 3.62. The summed E-state index contributed by atoms with van der Waals surface area (Å²) in [4.78, 5) is 22.5. The van der Waals surface area contributed by atoms with Crippen molar-refractivity contribution in [3.05, 3.63) is 62.6 Å². The lowest BCUT2D eigenvalue weighted by molar-refractivity contribution is -0.384. The van der Waals surface area contributed by atoms with Gasteiger partial charge in [-0.15, -0.1) is 0 Å². The molecule has 0 atom stereocenters. The maximum atomic E-state index is 12.3. The van der Waals surface area contributed by atoms with Crippen LogP contribution in [0, 0.1) is 10.1 Å². The number of carbonyl (C=O) groups is 1. The molecule has 1 N–H and O–H groups in total. The Kier molecular flexibility index (Phi) is 5.11. The minimum atomic E-state index is -0.499. The first-order chi connectivity index (χ1) is 10.5. The number of halogens is 1. The SMILES string of the molecule is CCOc1ccccc1C(=O)Nc1ccc([N+](=O)[O-])cc1Br. The van der Waals surface area contributed by atoms with Gasteiger partial charge in [-0.2, -0.15) is 0 Å². The molecule has 22 heavy (non-hydrogen) atoms. The second-order valence-corrected chi connectivity index (χ2v) is 5.16. The Morgan fingerprint density at radius 1 is 1.32 bits per heavy atom. The lowest BCUT2D eigenvalue weighted by atomic mass is 10.2. The van der Waals surface area contributed by atoms with Crippen molar-refractivity contribution in [3.8, 4) is 5.75 Å². The quantitative estimate of drug-likeness (QED) is 0.641. The molecule has 0 heterocycles.